The van der Waals surface area contributed by atoms with Crippen molar-refractivity contribution in [3.05, 3.63) is 29.8 Å². The van der Waals surface area contributed by atoms with Gasteiger partial charge in [-0.3, -0.25) is 4.79 Å². The average Bonchev–Trinajstić information content (AvgIpc) is 2.38. The van der Waals surface area contributed by atoms with Gasteiger partial charge in [-0.15, -0.1) is 0 Å². The summed E-state index contributed by atoms with van der Waals surface area (Å²) in [5, 5.41) is 3.21. The fourth-order valence-electron chi connectivity index (χ4n) is 1.73. The molecule has 0 heterocycles. The van der Waals surface area contributed by atoms with E-state index in [9.17, 15) is 4.79 Å². The summed E-state index contributed by atoms with van der Waals surface area (Å²) >= 11 is 0. The molecular weight excluding hydrogens is 230 g/mol. The number of carbonyl (C=O) groups is 1. The van der Waals surface area contributed by atoms with Gasteiger partial charge in [-0.05, 0) is 23.6 Å². The Balaban J connectivity index is 2.63. The van der Waals surface area contributed by atoms with Crippen LogP contribution in [-0.2, 0) is 16.1 Å². The van der Waals surface area contributed by atoms with Crippen molar-refractivity contribution >= 4 is 5.97 Å². The second-order valence-corrected chi connectivity index (χ2v) is 4.48. The van der Waals surface area contributed by atoms with Crippen LogP contribution < -0.4 is 10.1 Å². The molecule has 0 spiro atoms. The lowest BCUT2D eigenvalue weighted by Gasteiger charge is -2.20. The minimum Gasteiger partial charge on any atom is -0.497 e. The van der Waals surface area contributed by atoms with Crippen molar-refractivity contribution < 1.29 is 14.3 Å². The molecule has 0 aliphatic rings. The number of rotatable bonds is 6. The van der Waals surface area contributed by atoms with Gasteiger partial charge in [0.25, 0.3) is 0 Å². The van der Waals surface area contributed by atoms with Crippen molar-refractivity contribution in [2.45, 2.75) is 26.4 Å². The molecule has 0 unspecified atom stereocenters. The first kappa shape index (κ1) is 14.5. The van der Waals surface area contributed by atoms with Crippen LogP contribution in [0.25, 0.3) is 0 Å². The van der Waals surface area contributed by atoms with Gasteiger partial charge in [0.1, 0.15) is 11.8 Å². The van der Waals surface area contributed by atoms with Gasteiger partial charge in [-0.25, -0.2) is 0 Å². The smallest absolute Gasteiger partial charge is 0.323 e. The van der Waals surface area contributed by atoms with Gasteiger partial charge in [0.15, 0.2) is 0 Å². The van der Waals surface area contributed by atoms with Crippen molar-refractivity contribution in [3.63, 3.8) is 0 Å². The molecule has 0 aromatic heterocycles. The van der Waals surface area contributed by atoms with Gasteiger partial charge in [-0.1, -0.05) is 26.0 Å². The van der Waals surface area contributed by atoms with Crippen LogP contribution in [0.1, 0.15) is 19.4 Å². The molecule has 0 aliphatic carbocycles. The number of nitrogens with one attached hydrogen (secondary N) is 1. The Morgan fingerprint density at radius 2 is 2.06 bits per heavy atom. The van der Waals surface area contributed by atoms with Crippen molar-refractivity contribution in [2.75, 3.05) is 14.2 Å². The van der Waals surface area contributed by atoms with E-state index in [1.54, 1.807) is 7.11 Å². The first-order chi connectivity index (χ1) is 8.58. The Labute approximate surface area is 108 Å². The molecule has 0 saturated carbocycles. The number of ether oxygens (including phenoxy) is 2. The molecule has 1 aromatic rings. The normalized spacial score (nSPS) is 12.3. The summed E-state index contributed by atoms with van der Waals surface area (Å²) in [4.78, 5) is 11.6. The first-order valence-corrected chi connectivity index (χ1v) is 6.02. The molecular formula is C14H21NO3. The van der Waals surface area contributed by atoms with Crippen molar-refractivity contribution in [3.8, 4) is 5.75 Å². The van der Waals surface area contributed by atoms with Crippen LogP contribution in [-0.4, -0.2) is 26.2 Å². The van der Waals surface area contributed by atoms with E-state index in [1.807, 2.05) is 38.1 Å². The highest BCUT2D eigenvalue weighted by Crippen LogP contribution is 2.13. The summed E-state index contributed by atoms with van der Waals surface area (Å²) in [5.74, 6) is 0.768. The predicted molar refractivity (Wildman–Crippen MR) is 70.5 cm³/mol. The molecule has 0 amide bonds. The van der Waals surface area contributed by atoms with Gasteiger partial charge in [0.05, 0.1) is 14.2 Å². The molecule has 4 heteroatoms. The molecule has 0 aliphatic heterocycles. The van der Waals surface area contributed by atoms with Crippen LogP contribution in [0.3, 0.4) is 0 Å². The molecule has 0 saturated heterocycles. The van der Waals surface area contributed by atoms with E-state index < -0.39 is 0 Å². The van der Waals surface area contributed by atoms with E-state index in [1.165, 1.54) is 7.11 Å². The largest absolute Gasteiger partial charge is 0.497 e. The summed E-state index contributed by atoms with van der Waals surface area (Å²) in [5.41, 5.74) is 1.07. The molecule has 1 N–H and O–H groups in total. The summed E-state index contributed by atoms with van der Waals surface area (Å²) in [7, 11) is 3.04. The molecule has 0 fully saturated rings. The SMILES string of the molecule is COC(=O)[C@H](NCc1cccc(OC)c1)C(C)C. The summed E-state index contributed by atoms with van der Waals surface area (Å²) in [6, 6.07) is 7.47. The minimum atomic E-state index is -0.291. The van der Waals surface area contributed by atoms with Crippen LogP contribution in [0.15, 0.2) is 24.3 Å². The third-order valence-corrected chi connectivity index (χ3v) is 2.78. The fraction of sp³-hybridized carbons (Fsp3) is 0.500. The average molecular weight is 251 g/mol. The zero-order chi connectivity index (χ0) is 13.5. The Hall–Kier alpha value is -1.55. The van der Waals surface area contributed by atoms with E-state index in [0.717, 1.165) is 11.3 Å². The van der Waals surface area contributed by atoms with Gasteiger partial charge in [-0.2, -0.15) is 0 Å². The second kappa shape index (κ2) is 7.01. The fourth-order valence-corrected chi connectivity index (χ4v) is 1.73. The number of benzene rings is 1. The maximum atomic E-state index is 11.6. The highest BCUT2D eigenvalue weighted by Gasteiger charge is 2.21. The third kappa shape index (κ3) is 4.04. The van der Waals surface area contributed by atoms with E-state index >= 15 is 0 Å². The number of carbonyl (C=O) groups excluding carboxylic acids is 1. The van der Waals surface area contributed by atoms with Crippen LogP contribution in [0.4, 0.5) is 0 Å². The molecule has 1 aromatic carbocycles. The zero-order valence-corrected chi connectivity index (χ0v) is 11.4. The molecule has 1 atom stereocenters. The Morgan fingerprint density at radius 1 is 1.33 bits per heavy atom. The number of esters is 1. The van der Waals surface area contributed by atoms with Gasteiger partial charge >= 0.3 is 5.97 Å². The molecule has 0 radical (unpaired) electrons. The van der Waals surface area contributed by atoms with Crippen LogP contribution in [0.2, 0.25) is 0 Å². The predicted octanol–water partition coefficient (Wildman–Crippen LogP) is 1.98. The Morgan fingerprint density at radius 3 is 2.61 bits per heavy atom. The quantitative estimate of drug-likeness (QED) is 0.785. The lowest BCUT2D eigenvalue weighted by atomic mass is 10.0. The topological polar surface area (TPSA) is 47.6 Å². The van der Waals surface area contributed by atoms with Gasteiger partial charge in [0, 0.05) is 6.54 Å². The first-order valence-electron chi connectivity index (χ1n) is 6.02. The summed E-state index contributed by atoms with van der Waals surface area (Å²) in [6.07, 6.45) is 0. The lowest BCUT2D eigenvalue weighted by molar-refractivity contribution is -0.144. The number of hydrogen-bond donors (Lipinski definition) is 1. The maximum Gasteiger partial charge on any atom is 0.323 e. The molecule has 0 bridgehead atoms. The molecule has 4 nitrogen and oxygen atoms in total. The van der Waals surface area contributed by atoms with E-state index in [4.69, 9.17) is 9.47 Å². The molecule has 1 rings (SSSR count). The van der Waals surface area contributed by atoms with Crippen LogP contribution >= 0.6 is 0 Å². The standard InChI is InChI=1S/C14H21NO3/c1-10(2)13(14(16)18-4)15-9-11-6-5-7-12(8-11)17-3/h5-8,10,13,15H,9H2,1-4H3/t13-/m1/s1. The van der Waals surface area contributed by atoms with E-state index in [0.29, 0.717) is 6.54 Å². The molecule has 18 heavy (non-hydrogen) atoms. The monoisotopic (exact) mass is 251 g/mol. The molecule has 100 valence electrons. The maximum absolute atomic E-state index is 11.6. The number of hydrogen-bond acceptors (Lipinski definition) is 4. The van der Waals surface area contributed by atoms with E-state index in [-0.39, 0.29) is 17.9 Å². The Bertz CT molecular complexity index is 390. The minimum absolute atomic E-state index is 0.183. The summed E-state index contributed by atoms with van der Waals surface area (Å²) < 4.78 is 9.94. The van der Waals surface area contributed by atoms with Crippen molar-refractivity contribution in [1.29, 1.82) is 0 Å². The van der Waals surface area contributed by atoms with Crippen LogP contribution in [0.5, 0.6) is 5.75 Å². The number of methoxy groups -OCH3 is 2. The van der Waals surface area contributed by atoms with E-state index in [2.05, 4.69) is 5.32 Å². The lowest BCUT2D eigenvalue weighted by Crippen LogP contribution is -2.41. The van der Waals surface area contributed by atoms with Gasteiger partial charge in [0.2, 0.25) is 0 Å². The van der Waals surface area contributed by atoms with Crippen LogP contribution in [0, 0.1) is 5.92 Å². The Kier molecular flexibility index (Phi) is 5.65. The second-order valence-electron chi connectivity index (χ2n) is 4.48. The van der Waals surface area contributed by atoms with Gasteiger partial charge < -0.3 is 14.8 Å². The zero-order valence-electron chi connectivity index (χ0n) is 11.4. The van der Waals surface area contributed by atoms with Crippen molar-refractivity contribution in [2.24, 2.45) is 5.92 Å². The summed E-state index contributed by atoms with van der Waals surface area (Å²) in [6.45, 7) is 4.58. The highest BCUT2D eigenvalue weighted by molar-refractivity contribution is 5.75. The van der Waals surface area contributed by atoms with Crippen molar-refractivity contribution in [1.82, 2.24) is 5.32 Å². The highest BCUT2D eigenvalue weighted by atomic mass is 16.5. The third-order valence-electron chi connectivity index (χ3n) is 2.78.